The molecule has 14 nitrogen and oxygen atoms in total. The topological polar surface area (TPSA) is 178 Å². The number of fused-ring (bicyclic) bond motifs is 5. The molecular weight excluding hydrogens is 846 g/mol. The maximum atomic E-state index is 15.4. The number of carbonyl (C=O) groups excluding carboxylic acids is 2. The molecule has 5 heterocycles. The fourth-order valence-electron chi connectivity index (χ4n) is 8.26. The first-order valence-electron chi connectivity index (χ1n) is 18.3. The molecule has 3 aliphatic rings. The highest BCUT2D eigenvalue weighted by Gasteiger charge is 2.68. The van der Waals surface area contributed by atoms with Crippen LogP contribution in [0.25, 0.3) is 32.4 Å². The largest absolute Gasteiger partial charge is 0.435 e. The number of aryl methyl sites for hydroxylation is 1. The Hall–Kier alpha value is -5.84. The second kappa shape index (κ2) is 13.9. The zero-order valence-corrected chi connectivity index (χ0v) is 32.8. The molecule has 2 amide bonds. The normalized spacial score (nSPS) is 19.9. The van der Waals surface area contributed by atoms with Gasteiger partial charge in [-0.2, -0.15) is 32.1 Å². The molecule has 314 valence electrons. The number of rotatable bonds is 11. The molecule has 60 heavy (non-hydrogen) atoms. The van der Waals surface area contributed by atoms with E-state index in [1.54, 1.807) is 31.3 Å². The number of pyridine rings is 1. The average molecular weight is 877 g/mol. The van der Waals surface area contributed by atoms with Crippen molar-refractivity contribution in [2.75, 3.05) is 22.8 Å². The predicted molar refractivity (Wildman–Crippen MR) is 204 cm³/mol. The Kier molecular flexibility index (Phi) is 9.15. The maximum Gasteiger partial charge on any atom is 0.435 e. The fraction of sp³-hybridized carbons (Fsp3) is 0.351. The third kappa shape index (κ3) is 7.15. The molecule has 23 heteroatoms. The molecule has 6 aromatic rings. The van der Waals surface area contributed by atoms with Crippen molar-refractivity contribution < 1.29 is 48.7 Å². The number of hydrogen-bond donors (Lipinski definition) is 4. The highest BCUT2D eigenvalue weighted by molar-refractivity contribution is 7.92. The number of nitrogens with zero attached hydrogens (tertiary/aromatic N) is 6. The molecule has 0 radical (unpaired) electrons. The second-order valence-corrected chi connectivity index (χ2v) is 17.9. The lowest BCUT2D eigenvalue weighted by molar-refractivity contribution is -0.142. The molecule has 2 fully saturated rings. The molecular formula is C37H31F7N10O4S2. The predicted octanol–water partition coefficient (Wildman–Crippen LogP) is 5.72. The van der Waals surface area contributed by atoms with Crippen molar-refractivity contribution >= 4 is 65.4 Å². The van der Waals surface area contributed by atoms with Crippen molar-refractivity contribution in [2.24, 2.45) is 13.0 Å². The van der Waals surface area contributed by atoms with Crippen LogP contribution in [0.4, 0.5) is 41.7 Å². The van der Waals surface area contributed by atoms with E-state index in [1.165, 1.54) is 16.0 Å². The molecule has 1 saturated carbocycles. The SMILES string of the molecule is Cn1nc(NS(C)(=O)=O)c2cccc(-c3cc4sc(NC5CNC(=O)C5)nc4nc3C(Cc3cc(F)cc(F)c3)NC(=O)Cn3nc(C(F)(F)F)c4c3C(F)(F)C3C[C@H]43)c21. The van der Waals surface area contributed by atoms with Crippen molar-refractivity contribution in [3.63, 3.8) is 0 Å². The Balaban J connectivity index is 1.19. The van der Waals surface area contributed by atoms with Crippen LogP contribution in [0.2, 0.25) is 0 Å². The van der Waals surface area contributed by atoms with Crippen molar-refractivity contribution in [2.45, 2.75) is 55.9 Å². The van der Waals surface area contributed by atoms with Crippen molar-refractivity contribution in [3.05, 3.63) is 82.3 Å². The van der Waals surface area contributed by atoms with Gasteiger partial charge >= 0.3 is 6.18 Å². The van der Waals surface area contributed by atoms with Gasteiger partial charge in [0, 0.05) is 54.1 Å². The molecule has 2 aromatic carbocycles. The summed E-state index contributed by atoms with van der Waals surface area (Å²) in [5, 5.41) is 17.1. The van der Waals surface area contributed by atoms with E-state index in [1.807, 2.05) is 0 Å². The van der Waals surface area contributed by atoms with Gasteiger partial charge in [-0.15, -0.1) is 0 Å². The lowest BCUT2D eigenvalue weighted by atomic mass is 9.94. The summed E-state index contributed by atoms with van der Waals surface area (Å²) in [4.78, 5) is 35.4. The summed E-state index contributed by atoms with van der Waals surface area (Å²) in [6.07, 6.45) is -4.46. The quantitative estimate of drug-likeness (QED) is 0.119. The Morgan fingerprint density at radius 1 is 1.08 bits per heavy atom. The van der Waals surface area contributed by atoms with Crippen LogP contribution >= 0.6 is 11.3 Å². The van der Waals surface area contributed by atoms with Gasteiger partial charge in [-0.25, -0.2) is 27.2 Å². The summed E-state index contributed by atoms with van der Waals surface area (Å²) in [6, 6.07) is 7.57. The van der Waals surface area contributed by atoms with E-state index in [2.05, 4.69) is 35.9 Å². The van der Waals surface area contributed by atoms with E-state index in [4.69, 9.17) is 4.98 Å². The van der Waals surface area contributed by atoms with Gasteiger partial charge in [0.25, 0.3) is 5.92 Å². The number of nitrogens with one attached hydrogen (secondary N) is 4. The van der Waals surface area contributed by atoms with Crippen molar-refractivity contribution in [1.29, 1.82) is 0 Å². The number of sulfonamides is 1. The van der Waals surface area contributed by atoms with Crippen LogP contribution in [0, 0.1) is 17.6 Å². The number of benzene rings is 2. The molecule has 4 aromatic heterocycles. The standard InChI is InChI=1S/C37H31F7N10O4S2/c1-53-30-19(4-3-5-20(30)33(51-53)52-60(2,57)58)21-12-25-34(49-35(59-25)46-18-10-26(55)45-13-18)48-29(21)24(8-15-6-16(38)9-17(39)7-15)47-27(56)14-54-32-28(31(50-54)37(42,43)44)22-11-23(22)36(32,40)41/h3-7,9,12,18,22-24H,8,10-11,13-14H2,1-2H3,(H,45,55)(H,47,56)(H,51,52)(H,46,48,49)/t18?,22-,23?,24?/m0/s1. The first kappa shape index (κ1) is 39.6. The lowest BCUT2D eigenvalue weighted by Crippen LogP contribution is -2.35. The van der Waals surface area contributed by atoms with Gasteiger partial charge in [0.1, 0.15) is 23.9 Å². The highest BCUT2D eigenvalue weighted by atomic mass is 32.2. The van der Waals surface area contributed by atoms with Crippen molar-refractivity contribution in [3.8, 4) is 11.1 Å². The van der Waals surface area contributed by atoms with Gasteiger partial charge in [-0.05, 0) is 48.6 Å². The lowest BCUT2D eigenvalue weighted by Gasteiger charge is -2.23. The Morgan fingerprint density at radius 3 is 2.52 bits per heavy atom. The first-order chi connectivity index (χ1) is 28.2. The van der Waals surface area contributed by atoms with E-state index in [0.717, 1.165) is 18.4 Å². The Morgan fingerprint density at radius 2 is 1.83 bits per heavy atom. The molecule has 0 bridgehead atoms. The number of alkyl halides is 5. The van der Waals surface area contributed by atoms with Crippen LogP contribution in [0.15, 0.2) is 42.5 Å². The average Bonchev–Trinajstić information content (AvgIpc) is 3.38. The third-order valence-electron chi connectivity index (χ3n) is 10.7. The monoisotopic (exact) mass is 876 g/mol. The molecule has 1 aliphatic heterocycles. The summed E-state index contributed by atoms with van der Waals surface area (Å²) >= 11 is 1.18. The number of carbonyl (C=O) groups is 2. The van der Waals surface area contributed by atoms with E-state index in [9.17, 15) is 40.0 Å². The Labute approximate surface area is 338 Å². The molecule has 1 saturated heterocycles. The zero-order valence-electron chi connectivity index (χ0n) is 31.2. The van der Waals surface area contributed by atoms with Gasteiger partial charge < -0.3 is 16.0 Å². The van der Waals surface area contributed by atoms with Crippen LogP contribution in [-0.4, -0.2) is 68.6 Å². The molecule has 2 aliphatic carbocycles. The molecule has 4 N–H and O–H groups in total. The summed E-state index contributed by atoms with van der Waals surface area (Å²) in [6.45, 7) is -0.740. The van der Waals surface area contributed by atoms with Gasteiger partial charge in [-0.1, -0.05) is 23.5 Å². The van der Waals surface area contributed by atoms with Crippen LogP contribution < -0.4 is 20.7 Å². The number of hydrogen-bond acceptors (Lipinski definition) is 10. The number of thiazole rings is 1. The number of halogens is 7. The van der Waals surface area contributed by atoms with Crippen LogP contribution in [0.1, 0.15) is 53.0 Å². The second-order valence-electron chi connectivity index (χ2n) is 15.1. The molecule has 0 spiro atoms. The minimum absolute atomic E-state index is 0.00376. The summed E-state index contributed by atoms with van der Waals surface area (Å²) in [5.41, 5.74) is -1.84. The minimum atomic E-state index is -5.08. The molecule has 9 rings (SSSR count). The van der Waals surface area contributed by atoms with Crippen LogP contribution in [0.3, 0.4) is 0 Å². The van der Waals surface area contributed by atoms with E-state index >= 15 is 8.78 Å². The van der Waals surface area contributed by atoms with Crippen LogP contribution in [0.5, 0.6) is 0 Å². The van der Waals surface area contributed by atoms with E-state index < -0.39 is 81.0 Å². The third-order valence-corrected chi connectivity index (χ3v) is 12.2. The van der Waals surface area contributed by atoms with Gasteiger partial charge in [-0.3, -0.25) is 23.7 Å². The number of aromatic nitrogens is 6. The highest BCUT2D eigenvalue weighted by Crippen LogP contribution is 2.68. The minimum Gasteiger partial charge on any atom is -0.356 e. The van der Waals surface area contributed by atoms with Gasteiger partial charge in [0.05, 0.1) is 34.2 Å². The van der Waals surface area contributed by atoms with Crippen LogP contribution in [-0.2, 0) is 51.7 Å². The summed E-state index contributed by atoms with van der Waals surface area (Å²) in [5.74, 6) is -9.22. The van der Waals surface area contributed by atoms with Gasteiger partial charge in [0.2, 0.25) is 21.8 Å². The Bertz CT molecular complexity index is 2870. The number of para-hydroxylation sites is 1. The molecule has 4 atom stereocenters. The number of anilines is 2. The summed E-state index contributed by atoms with van der Waals surface area (Å²) in [7, 11) is -2.24. The van der Waals surface area contributed by atoms with Crippen molar-refractivity contribution in [1.82, 2.24) is 40.2 Å². The van der Waals surface area contributed by atoms with Gasteiger partial charge in [0.15, 0.2) is 22.3 Å². The fourth-order valence-corrected chi connectivity index (χ4v) is 9.68. The summed E-state index contributed by atoms with van der Waals surface area (Å²) < 4.78 is 132. The zero-order chi connectivity index (χ0) is 42.6. The number of amides is 2. The smallest absolute Gasteiger partial charge is 0.356 e. The molecule has 3 unspecified atom stereocenters. The van der Waals surface area contributed by atoms with E-state index in [-0.39, 0.29) is 53.9 Å². The van der Waals surface area contributed by atoms with E-state index in [0.29, 0.717) is 49.2 Å². The first-order valence-corrected chi connectivity index (χ1v) is 21.0. The maximum absolute atomic E-state index is 15.4.